The van der Waals surface area contributed by atoms with Crippen molar-refractivity contribution in [1.82, 2.24) is 5.32 Å². The van der Waals surface area contributed by atoms with E-state index < -0.39 is 0 Å². The molecule has 0 bridgehead atoms. The normalized spacial score (nSPS) is 12.2. The van der Waals surface area contributed by atoms with E-state index in [1.54, 1.807) is 18.2 Å². The van der Waals surface area contributed by atoms with E-state index in [1.165, 1.54) is 6.07 Å². The van der Waals surface area contributed by atoms with Gasteiger partial charge in [0.2, 0.25) is 5.91 Å². The van der Waals surface area contributed by atoms with E-state index in [0.29, 0.717) is 18.5 Å². The van der Waals surface area contributed by atoms with Gasteiger partial charge >= 0.3 is 0 Å². The van der Waals surface area contributed by atoms with Crippen molar-refractivity contribution in [3.8, 4) is 0 Å². The van der Waals surface area contributed by atoms with E-state index in [-0.39, 0.29) is 24.2 Å². The van der Waals surface area contributed by atoms with Crippen molar-refractivity contribution in [2.75, 3.05) is 6.54 Å². The molecule has 0 saturated heterocycles. The smallest absolute Gasteiger partial charge is 0.220 e. The molecule has 0 aromatic heterocycles. The van der Waals surface area contributed by atoms with E-state index in [1.807, 2.05) is 6.92 Å². The molecule has 1 aromatic rings. The van der Waals surface area contributed by atoms with E-state index in [2.05, 4.69) is 5.32 Å². The first-order chi connectivity index (χ1) is 8.17. The Labute approximate surface area is 101 Å². The summed E-state index contributed by atoms with van der Waals surface area (Å²) >= 11 is 0. The molecule has 1 rings (SSSR count). The number of hydrogen-bond acceptors (Lipinski definition) is 2. The molecule has 1 unspecified atom stereocenters. The third-order valence-corrected chi connectivity index (χ3v) is 2.82. The molecule has 0 aliphatic rings. The van der Waals surface area contributed by atoms with Crippen LogP contribution in [0.5, 0.6) is 0 Å². The Morgan fingerprint density at radius 3 is 2.76 bits per heavy atom. The maximum atomic E-state index is 13.3. The number of nitrogens with one attached hydrogen (secondary N) is 1. The molecule has 0 spiro atoms. The van der Waals surface area contributed by atoms with Crippen LogP contribution in [0.1, 0.15) is 25.3 Å². The number of carbonyl (C=O) groups is 1. The van der Waals surface area contributed by atoms with E-state index in [0.717, 1.165) is 6.42 Å². The first-order valence-electron chi connectivity index (χ1n) is 5.87. The third-order valence-electron chi connectivity index (χ3n) is 2.82. The predicted molar refractivity (Wildman–Crippen MR) is 65.7 cm³/mol. The van der Waals surface area contributed by atoms with Crippen molar-refractivity contribution in [3.05, 3.63) is 35.6 Å². The van der Waals surface area contributed by atoms with Gasteiger partial charge in [-0.25, -0.2) is 4.39 Å². The monoisotopic (exact) mass is 238 g/mol. The van der Waals surface area contributed by atoms with Crippen LogP contribution in [-0.2, 0) is 11.3 Å². The van der Waals surface area contributed by atoms with Gasteiger partial charge in [-0.3, -0.25) is 4.79 Å². The Morgan fingerprint density at radius 2 is 2.18 bits per heavy atom. The zero-order chi connectivity index (χ0) is 12.7. The molecule has 4 heteroatoms. The van der Waals surface area contributed by atoms with Crippen molar-refractivity contribution in [1.29, 1.82) is 0 Å². The lowest BCUT2D eigenvalue weighted by Crippen LogP contribution is -2.27. The largest absolute Gasteiger partial charge is 0.352 e. The number of halogens is 1. The van der Waals surface area contributed by atoms with Gasteiger partial charge < -0.3 is 11.1 Å². The molecule has 1 atom stereocenters. The van der Waals surface area contributed by atoms with Crippen LogP contribution in [-0.4, -0.2) is 12.5 Å². The molecule has 3 nitrogen and oxygen atoms in total. The van der Waals surface area contributed by atoms with Gasteiger partial charge in [-0.1, -0.05) is 31.5 Å². The molecule has 0 aliphatic heterocycles. The van der Waals surface area contributed by atoms with E-state index in [4.69, 9.17) is 5.73 Å². The zero-order valence-electron chi connectivity index (χ0n) is 10.1. The topological polar surface area (TPSA) is 55.1 Å². The highest BCUT2D eigenvalue weighted by Gasteiger charge is 2.10. The Hall–Kier alpha value is -1.42. The highest BCUT2D eigenvalue weighted by atomic mass is 19.1. The SMILES string of the molecule is CCC(CN)CC(=O)NCc1ccccc1F. The van der Waals surface area contributed by atoms with Gasteiger partial charge in [0.1, 0.15) is 5.82 Å². The van der Waals surface area contributed by atoms with Gasteiger partial charge in [-0.2, -0.15) is 0 Å². The third kappa shape index (κ3) is 4.53. The van der Waals surface area contributed by atoms with Gasteiger partial charge in [0.25, 0.3) is 0 Å². The summed E-state index contributed by atoms with van der Waals surface area (Å²) in [6.07, 6.45) is 1.28. The molecular formula is C13H19FN2O. The summed E-state index contributed by atoms with van der Waals surface area (Å²) in [5, 5.41) is 2.70. The molecule has 0 radical (unpaired) electrons. The second-order valence-electron chi connectivity index (χ2n) is 4.08. The Kier molecular flexibility index (Phi) is 5.63. The van der Waals surface area contributed by atoms with Crippen LogP contribution < -0.4 is 11.1 Å². The van der Waals surface area contributed by atoms with Crippen LogP contribution in [0, 0.1) is 11.7 Å². The Morgan fingerprint density at radius 1 is 1.47 bits per heavy atom. The van der Waals surface area contributed by atoms with Gasteiger partial charge in [0.05, 0.1) is 0 Å². The molecule has 0 aliphatic carbocycles. The lowest BCUT2D eigenvalue weighted by Gasteiger charge is -2.12. The fourth-order valence-electron chi connectivity index (χ4n) is 1.56. The Balaban J connectivity index is 2.41. The number of hydrogen-bond donors (Lipinski definition) is 2. The fraction of sp³-hybridized carbons (Fsp3) is 0.462. The summed E-state index contributed by atoms with van der Waals surface area (Å²) in [4.78, 5) is 11.6. The average molecular weight is 238 g/mol. The maximum absolute atomic E-state index is 13.3. The van der Waals surface area contributed by atoms with Crippen molar-refractivity contribution < 1.29 is 9.18 Å². The number of rotatable bonds is 6. The van der Waals surface area contributed by atoms with Gasteiger partial charge in [0.15, 0.2) is 0 Å². The molecule has 94 valence electrons. The second kappa shape index (κ2) is 7.01. The van der Waals surface area contributed by atoms with Crippen LogP contribution in [0.15, 0.2) is 24.3 Å². The first-order valence-corrected chi connectivity index (χ1v) is 5.87. The molecule has 1 aromatic carbocycles. The minimum Gasteiger partial charge on any atom is -0.352 e. The van der Waals surface area contributed by atoms with Crippen molar-refractivity contribution in [2.24, 2.45) is 11.7 Å². The number of amides is 1. The summed E-state index contributed by atoms with van der Waals surface area (Å²) in [7, 11) is 0. The van der Waals surface area contributed by atoms with E-state index >= 15 is 0 Å². The van der Waals surface area contributed by atoms with Crippen LogP contribution >= 0.6 is 0 Å². The Bertz CT molecular complexity index is 364. The van der Waals surface area contributed by atoms with Gasteiger partial charge in [0, 0.05) is 18.5 Å². The number of nitrogens with two attached hydrogens (primary N) is 1. The zero-order valence-corrected chi connectivity index (χ0v) is 10.1. The summed E-state index contributed by atoms with van der Waals surface area (Å²) in [5.74, 6) is -0.167. The predicted octanol–water partition coefficient (Wildman–Crippen LogP) is 1.82. The van der Waals surface area contributed by atoms with Crippen molar-refractivity contribution in [3.63, 3.8) is 0 Å². The molecule has 3 N–H and O–H groups in total. The molecule has 1 amide bonds. The number of carbonyl (C=O) groups excluding carboxylic acids is 1. The minimum atomic E-state index is -0.293. The molecule has 17 heavy (non-hydrogen) atoms. The summed E-state index contributed by atoms with van der Waals surface area (Å²) in [6, 6.07) is 6.42. The standard InChI is InChI=1S/C13H19FN2O/c1-2-10(8-15)7-13(17)16-9-11-5-3-4-6-12(11)14/h3-6,10H,2,7-9,15H2,1H3,(H,16,17). The summed E-state index contributed by atoms with van der Waals surface area (Å²) < 4.78 is 13.3. The van der Waals surface area contributed by atoms with Crippen LogP contribution in [0.2, 0.25) is 0 Å². The first kappa shape index (κ1) is 13.6. The molecular weight excluding hydrogens is 219 g/mol. The van der Waals surface area contributed by atoms with Crippen LogP contribution in [0.4, 0.5) is 4.39 Å². The number of benzene rings is 1. The highest BCUT2D eigenvalue weighted by Crippen LogP contribution is 2.08. The molecule has 0 fully saturated rings. The second-order valence-corrected chi connectivity index (χ2v) is 4.08. The summed E-state index contributed by atoms with van der Waals surface area (Å²) in [6.45, 7) is 2.73. The van der Waals surface area contributed by atoms with E-state index in [9.17, 15) is 9.18 Å². The van der Waals surface area contributed by atoms with Gasteiger partial charge in [-0.15, -0.1) is 0 Å². The average Bonchev–Trinajstić information content (AvgIpc) is 2.35. The van der Waals surface area contributed by atoms with Crippen molar-refractivity contribution >= 4 is 5.91 Å². The highest BCUT2D eigenvalue weighted by molar-refractivity contribution is 5.76. The van der Waals surface area contributed by atoms with Gasteiger partial charge in [-0.05, 0) is 18.5 Å². The van der Waals surface area contributed by atoms with Crippen molar-refractivity contribution in [2.45, 2.75) is 26.3 Å². The lowest BCUT2D eigenvalue weighted by atomic mass is 10.0. The minimum absolute atomic E-state index is 0.0782. The van der Waals surface area contributed by atoms with Crippen LogP contribution in [0.25, 0.3) is 0 Å². The van der Waals surface area contributed by atoms with Crippen LogP contribution in [0.3, 0.4) is 0 Å². The summed E-state index contributed by atoms with van der Waals surface area (Å²) in [5.41, 5.74) is 6.02. The maximum Gasteiger partial charge on any atom is 0.220 e. The quantitative estimate of drug-likeness (QED) is 0.794. The molecule has 0 heterocycles. The fourth-order valence-corrected chi connectivity index (χ4v) is 1.56. The lowest BCUT2D eigenvalue weighted by molar-refractivity contribution is -0.122. The molecule has 0 saturated carbocycles.